The van der Waals surface area contributed by atoms with Crippen LogP contribution >= 0.6 is 0 Å². The van der Waals surface area contributed by atoms with Gasteiger partial charge in [-0.15, -0.1) is 0 Å². The van der Waals surface area contributed by atoms with Crippen LogP contribution < -0.4 is 16.0 Å². The van der Waals surface area contributed by atoms with Crippen LogP contribution in [0, 0.1) is 0 Å². The van der Waals surface area contributed by atoms with E-state index in [1.165, 1.54) is 0 Å². The fraction of sp³-hybridized carbons (Fsp3) is 0.700. The van der Waals surface area contributed by atoms with Crippen LogP contribution in [0.4, 0.5) is 9.59 Å². The van der Waals surface area contributed by atoms with Crippen molar-refractivity contribution >= 4 is 18.0 Å². The first-order valence-corrected chi connectivity index (χ1v) is 5.94. The third kappa shape index (κ3) is 2.63. The van der Waals surface area contributed by atoms with Gasteiger partial charge in [-0.3, -0.25) is 4.79 Å². The summed E-state index contributed by atoms with van der Waals surface area (Å²) in [6, 6.07) is -0.503. The molecule has 8 heteroatoms. The summed E-state index contributed by atoms with van der Waals surface area (Å²) in [6.07, 6.45) is 1.50. The van der Waals surface area contributed by atoms with E-state index in [9.17, 15) is 14.4 Å². The standard InChI is InChI=1S/C10H16N4O4/c15-6(16)4-2-1-3-5-14-8-7(12-10(14)18)11-9(17)13-8/h7-8H,1-5H2,(H,12,18)(H,15,16)(H2,11,13,17)/t7-,8+/m0/s1. The Morgan fingerprint density at radius 1 is 1.17 bits per heavy atom. The molecule has 0 bridgehead atoms. The Kier molecular flexibility index (Phi) is 3.54. The van der Waals surface area contributed by atoms with E-state index >= 15 is 0 Å². The monoisotopic (exact) mass is 256 g/mol. The third-order valence-electron chi connectivity index (χ3n) is 3.05. The molecule has 4 amide bonds. The van der Waals surface area contributed by atoms with Crippen molar-refractivity contribution in [2.75, 3.05) is 6.54 Å². The van der Waals surface area contributed by atoms with Gasteiger partial charge in [0.2, 0.25) is 0 Å². The molecule has 2 rings (SSSR count). The van der Waals surface area contributed by atoms with Crippen LogP contribution in [-0.2, 0) is 4.79 Å². The maximum atomic E-state index is 11.6. The zero-order chi connectivity index (χ0) is 13.1. The van der Waals surface area contributed by atoms with Gasteiger partial charge in [-0.05, 0) is 12.8 Å². The topological polar surface area (TPSA) is 111 Å². The number of carboxylic acids is 1. The van der Waals surface area contributed by atoms with Crippen molar-refractivity contribution in [1.82, 2.24) is 20.9 Å². The van der Waals surface area contributed by atoms with Gasteiger partial charge in [0.15, 0.2) is 0 Å². The number of carbonyl (C=O) groups excluding carboxylic acids is 2. The highest BCUT2D eigenvalue weighted by Gasteiger charge is 2.44. The number of fused-ring (bicyclic) bond motifs is 1. The fourth-order valence-electron chi connectivity index (χ4n) is 2.17. The average Bonchev–Trinajstić information content (AvgIpc) is 2.75. The highest BCUT2D eigenvalue weighted by molar-refractivity contribution is 5.84. The van der Waals surface area contributed by atoms with Crippen molar-refractivity contribution in [3.05, 3.63) is 0 Å². The van der Waals surface area contributed by atoms with Crippen molar-refractivity contribution in [2.24, 2.45) is 0 Å². The number of nitrogens with zero attached hydrogens (tertiary/aromatic N) is 1. The van der Waals surface area contributed by atoms with E-state index in [1.807, 2.05) is 0 Å². The second kappa shape index (κ2) is 5.11. The number of hydrogen-bond donors (Lipinski definition) is 4. The molecule has 4 N–H and O–H groups in total. The molecule has 2 atom stereocenters. The highest BCUT2D eigenvalue weighted by Crippen LogP contribution is 2.15. The predicted octanol–water partition coefficient (Wildman–Crippen LogP) is -0.378. The molecule has 0 aliphatic carbocycles. The molecule has 2 fully saturated rings. The maximum absolute atomic E-state index is 11.6. The molecule has 2 heterocycles. The van der Waals surface area contributed by atoms with Crippen molar-refractivity contribution in [2.45, 2.75) is 38.0 Å². The van der Waals surface area contributed by atoms with Gasteiger partial charge in [0.1, 0.15) is 12.3 Å². The number of amides is 4. The minimum absolute atomic E-state index is 0.149. The van der Waals surface area contributed by atoms with Gasteiger partial charge in [0.05, 0.1) is 0 Å². The first-order chi connectivity index (χ1) is 8.58. The lowest BCUT2D eigenvalue weighted by Crippen LogP contribution is -2.43. The third-order valence-corrected chi connectivity index (χ3v) is 3.05. The Bertz CT molecular complexity index is 373. The number of carboxylic acid groups (broad SMARTS) is 1. The number of carbonyl (C=O) groups is 3. The molecule has 100 valence electrons. The molecule has 0 aromatic carbocycles. The number of nitrogens with one attached hydrogen (secondary N) is 3. The first kappa shape index (κ1) is 12.5. The molecule has 0 spiro atoms. The summed E-state index contributed by atoms with van der Waals surface area (Å²) in [4.78, 5) is 34.6. The second-order valence-corrected chi connectivity index (χ2v) is 4.39. The molecule has 0 radical (unpaired) electrons. The number of aliphatic carboxylic acids is 1. The fourth-order valence-corrected chi connectivity index (χ4v) is 2.17. The lowest BCUT2D eigenvalue weighted by molar-refractivity contribution is -0.137. The maximum Gasteiger partial charge on any atom is 0.320 e. The van der Waals surface area contributed by atoms with E-state index in [0.29, 0.717) is 13.0 Å². The Hall–Kier alpha value is -1.99. The minimum atomic E-state index is -0.804. The average molecular weight is 256 g/mol. The normalized spacial score (nSPS) is 25.4. The molecule has 0 aromatic rings. The largest absolute Gasteiger partial charge is 0.481 e. The zero-order valence-electron chi connectivity index (χ0n) is 9.81. The molecule has 2 saturated heterocycles. The van der Waals surface area contributed by atoms with E-state index in [4.69, 9.17) is 5.11 Å². The lowest BCUT2D eigenvalue weighted by Gasteiger charge is -2.20. The van der Waals surface area contributed by atoms with E-state index in [-0.39, 0.29) is 30.8 Å². The molecule has 18 heavy (non-hydrogen) atoms. The molecule has 0 unspecified atom stereocenters. The highest BCUT2D eigenvalue weighted by atomic mass is 16.4. The molecule has 0 aromatic heterocycles. The van der Waals surface area contributed by atoms with Gasteiger partial charge >= 0.3 is 18.0 Å². The van der Waals surface area contributed by atoms with E-state index in [2.05, 4.69) is 16.0 Å². The summed E-state index contributed by atoms with van der Waals surface area (Å²) >= 11 is 0. The number of urea groups is 2. The van der Waals surface area contributed by atoms with Gasteiger partial charge < -0.3 is 26.0 Å². The summed E-state index contributed by atoms with van der Waals surface area (Å²) in [5.41, 5.74) is 0. The van der Waals surface area contributed by atoms with E-state index in [1.54, 1.807) is 4.90 Å². The Labute approximate surface area is 104 Å². The predicted molar refractivity (Wildman–Crippen MR) is 60.6 cm³/mol. The number of hydrogen-bond acceptors (Lipinski definition) is 3. The van der Waals surface area contributed by atoms with Gasteiger partial charge in [-0.2, -0.15) is 0 Å². The van der Waals surface area contributed by atoms with Gasteiger partial charge in [-0.25, -0.2) is 9.59 Å². The Balaban J connectivity index is 1.73. The van der Waals surface area contributed by atoms with Crippen molar-refractivity contribution in [1.29, 1.82) is 0 Å². The van der Waals surface area contributed by atoms with Crippen molar-refractivity contribution < 1.29 is 19.5 Å². The lowest BCUT2D eigenvalue weighted by atomic mass is 10.2. The Morgan fingerprint density at radius 3 is 2.67 bits per heavy atom. The van der Waals surface area contributed by atoms with Gasteiger partial charge in [0, 0.05) is 13.0 Å². The van der Waals surface area contributed by atoms with E-state index in [0.717, 1.165) is 12.8 Å². The molecular weight excluding hydrogens is 240 g/mol. The van der Waals surface area contributed by atoms with Crippen LogP contribution in [0.15, 0.2) is 0 Å². The summed E-state index contributed by atoms with van der Waals surface area (Å²) in [5.74, 6) is -0.804. The number of unbranched alkanes of at least 4 members (excludes halogenated alkanes) is 2. The van der Waals surface area contributed by atoms with Crippen molar-refractivity contribution in [3.8, 4) is 0 Å². The van der Waals surface area contributed by atoms with E-state index < -0.39 is 5.97 Å². The second-order valence-electron chi connectivity index (χ2n) is 4.39. The SMILES string of the molecule is O=C(O)CCCCCN1C(=O)N[C@@H]2NC(=O)N[C@@H]21. The van der Waals surface area contributed by atoms with Crippen LogP contribution in [0.25, 0.3) is 0 Å². The smallest absolute Gasteiger partial charge is 0.320 e. The van der Waals surface area contributed by atoms with Crippen LogP contribution in [0.5, 0.6) is 0 Å². The summed E-state index contributed by atoms with van der Waals surface area (Å²) in [6.45, 7) is 0.509. The quantitative estimate of drug-likeness (QED) is 0.485. The summed E-state index contributed by atoms with van der Waals surface area (Å²) in [7, 11) is 0. The first-order valence-electron chi connectivity index (χ1n) is 5.94. The van der Waals surface area contributed by atoms with Crippen LogP contribution in [0.2, 0.25) is 0 Å². The van der Waals surface area contributed by atoms with Crippen LogP contribution in [0.3, 0.4) is 0 Å². The van der Waals surface area contributed by atoms with Gasteiger partial charge in [-0.1, -0.05) is 6.42 Å². The molecular formula is C10H16N4O4. The summed E-state index contributed by atoms with van der Waals surface area (Å²) < 4.78 is 0. The van der Waals surface area contributed by atoms with Crippen molar-refractivity contribution in [3.63, 3.8) is 0 Å². The van der Waals surface area contributed by atoms with Gasteiger partial charge in [0.25, 0.3) is 0 Å². The molecule has 2 aliphatic heterocycles. The molecule has 0 saturated carbocycles. The molecule has 8 nitrogen and oxygen atoms in total. The van der Waals surface area contributed by atoms with Crippen LogP contribution in [0.1, 0.15) is 25.7 Å². The number of rotatable bonds is 6. The minimum Gasteiger partial charge on any atom is -0.481 e. The van der Waals surface area contributed by atoms with Crippen LogP contribution in [-0.4, -0.2) is 46.9 Å². The Morgan fingerprint density at radius 2 is 1.94 bits per heavy atom. The molecule has 2 aliphatic rings. The zero-order valence-corrected chi connectivity index (χ0v) is 9.81. The summed E-state index contributed by atoms with van der Waals surface area (Å²) in [5, 5.41) is 16.4.